The third-order valence-corrected chi connectivity index (χ3v) is 3.58. The van der Waals surface area contributed by atoms with E-state index in [0.717, 1.165) is 10.5 Å². The summed E-state index contributed by atoms with van der Waals surface area (Å²) in [6.07, 6.45) is 4.89. The Kier molecular flexibility index (Phi) is 4.24. The lowest BCUT2D eigenvalue weighted by atomic mass is 10.2. The maximum Gasteiger partial charge on any atom is 0.277 e. The van der Waals surface area contributed by atoms with Crippen LogP contribution in [-0.2, 0) is 20.9 Å². The Hall–Kier alpha value is -3.22. The summed E-state index contributed by atoms with van der Waals surface area (Å²) < 4.78 is 1.87. The molecule has 0 radical (unpaired) electrons. The van der Waals surface area contributed by atoms with E-state index in [-0.39, 0.29) is 12.2 Å². The van der Waals surface area contributed by atoms with E-state index in [9.17, 15) is 14.4 Å². The van der Waals surface area contributed by atoms with E-state index in [4.69, 9.17) is 0 Å². The Morgan fingerprint density at radius 3 is 2.75 bits per heavy atom. The van der Waals surface area contributed by atoms with Crippen LogP contribution in [-0.4, -0.2) is 38.7 Å². The van der Waals surface area contributed by atoms with Gasteiger partial charge in [-0.25, -0.2) is 4.98 Å². The predicted octanol–water partition coefficient (Wildman–Crippen LogP) is 0.777. The zero-order valence-electron chi connectivity index (χ0n) is 13.1. The number of hydrogen-bond donors (Lipinski definition) is 1. The zero-order chi connectivity index (χ0) is 17.1. The number of hydrogen-bond acceptors (Lipinski definition) is 4. The first-order valence-corrected chi connectivity index (χ1v) is 7.42. The fraction of sp³-hybridized carbons (Fsp3) is 0.176. The third kappa shape index (κ3) is 3.40. The van der Waals surface area contributed by atoms with Gasteiger partial charge in [-0.05, 0) is 11.6 Å². The SMILES string of the molecule is CC(=O)N1CC(=O)NC(=Cc2cn(Cc3ccccc3)cn2)C1=O. The lowest BCUT2D eigenvalue weighted by molar-refractivity contribution is -0.147. The molecular weight excluding hydrogens is 308 g/mol. The van der Waals surface area contributed by atoms with Gasteiger partial charge in [0.1, 0.15) is 12.2 Å². The minimum absolute atomic E-state index is 0.0476. The van der Waals surface area contributed by atoms with Gasteiger partial charge in [0.15, 0.2) is 0 Å². The van der Waals surface area contributed by atoms with Crippen molar-refractivity contribution in [2.24, 2.45) is 0 Å². The maximum atomic E-state index is 12.2. The Morgan fingerprint density at radius 1 is 1.29 bits per heavy atom. The quantitative estimate of drug-likeness (QED) is 0.846. The molecule has 0 aliphatic carbocycles. The van der Waals surface area contributed by atoms with Gasteiger partial charge < -0.3 is 9.88 Å². The highest BCUT2D eigenvalue weighted by Gasteiger charge is 2.30. The Bertz CT molecular complexity index is 823. The molecule has 0 atom stereocenters. The van der Waals surface area contributed by atoms with Crippen molar-refractivity contribution in [3.05, 3.63) is 59.8 Å². The average Bonchev–Trinajstić information content (AvgIpc) is 2.98. The standard InChI is InChI=1S/C17H16N4O3/c1-12(22)21-10-16(23)19-15(17(21)24)7-14-9-20(11-18-14)8-13-5-3-2-4-6-13/h2-7,9,11H,8,10H2,1H3,(H,19,23). The van der Waals surface area contributed by atoms with Crippen molar-refractivity contribution >= 4 is 23.8 Å². The molecule has 0 bridgehead atoms. The van der Waals surface area contributed by atoms with Gasteiger partial charge in [0.2, 0.25) is 11.8 Å². The number of amides is 3. The molecule has 1 aliphatic rings. The normalized spacial score (nSPS) is 16.4. The fourth-order valence-electron chi connectivity index (χ4n) is 2.44. The lowest BCUT2D eigenvalue weighted by Crippen LogP contribution is -2.51. The van der Waals surface area contributed by atoms with Gasteiger partial charge in [-0.3, -0.25) is 19.3 Å². The number of nitrogens with one attached hydrogen (secondary N) is 1. The fourth-order valence-corrected chi connectivity index (χ4v) is 2.44. The van der Waals surface area contributed by atoms with Crippen LogP contribution < -0.4 is 5.32 Å². The maximum absolute atomic E-state index is 12.2. The minimum Gasteiger partial charge on any atom is -0.332 e. The molecule has 0 unspecified atom stereocenters. The van der Waals surface area contributed by atoms with Crippen LogP contribution in [0.15, 0.2) is 48.6 Å². The second-order valence-electron chi connectivity index (χ2n) is 5.47. The summed E-state index contributed by atoms with van der Waals surface area (Å²) in [6.45, 7) is 1.65. The Balaban J connectivity index is 1.79. The van der Waals surface area contributed by atoms with Gasteiger partial charge in [-0.1, -0.05) is 30.3 Å². The van der Waals surface area contributed by atoms with Gasteiger partial charge in [0, 0.05) is 19.7 Å². The van der Waals surface area contributed by atoms with Gasteiger partial charge >= 0.3 is 0 Å². The van der Waals surface area contributed by atoms with Crippen LogP contribution in [0.3, 0.4) is 0 Å². The van der Waals surface area contributed by atoms with Crippen LogP contribution in [0.5, 0.6) is 0 Å². The summed E-state index contributed by atoms with van der Waals surface area (Å²) in [5, 5.41) is 2.49. The van der Waals surface area contributed by atoms with Gasteiger partial charge in [-0.2, -0.15) is 0 Å². The van der Waals surface area contributed by atoms with E-state index < -0.39 is 17.7 Å². The second-order valence-corrected chi connectivity index (χ2v) is 5.47. The number of piperazine rings is 1. The molecule has 24 heavy (non-hydrogen) atoms. The second kappa shape index (κ2) is 6.49. The van der Waals surface area contributed by atoms with Crippen molar-refractivity contribution in [3.63, 3.8) is 0 Å². The smallest absolute Gasteiger partial charge is 0.277 e. The predicted molar refractivity (Wildman–Crippen MR) is 86.3 cm³/mol. The highest BCUT2D eigenvalue weighted by Crippen LogP contribution is 2.11. The van der Waals surface area contributed by atoms with Crippen molar-refractivity contribution in [1.82, 2.24) is 19.8 Å². The molecule has 1 saturated heterocycles. The first-order chi connectivity index (χ1) is 11.5. The molecule has 2 heterocycles. The summed E-state index contributed by atoms with van der Waals surface area (Å²) in [6, 6.07) is 9.89. The molecule has 3 rings (SSSR count). The summed E-state index contributed by atoms with van der Waals surface area (Å²) in [7, 11) is 0. The number of aromatic nitrogens is 2. The number of carbonyl (C=O) groups is 3. The van der Waals surface area contributed by atoms with E-state index in [1.807, 2.05) is 34.9 Å². The van der Waals surface area contributed by atoms with Crippen LogP contribution in [0.2, 0.25) is 0 Å². The Labute approximate surface area is 138 Å². The average molecular weight is 324 g/mol. The van der Waals surface area contributed by atoms with Crippen LogP contribution in [0, 0.1) is 0 Å². The van der Waals surface area contributed by atoms with Crippen molar-refractivity contribution < 1.29 is 14.4 Å². The molecular formula is C17H16N4O3. The molecule has 7 nitrogen and oxygen atoms in total. The van der Waals surface area contributed by atoms with E-state index in [0.29, 0.717) is 12.2 Å². The topological polar surface area (TPSA) is 84.3 Å². The number of imidazole rings is 1. The molecule has 1 aromatic heterocycles. The van der Waals surface area contributed by atoms with Gasteiger partial charge in [-0.15, -0.1) is 0 Å². The first-order valence-electron chi connectivity index (χ1n) is 7.42. The van der Waals surface area contributed by atoms with E-state index >= 15 is 0 Å². The molecule has 0 spiro atoms. The molecule has 122 valence electrons. The molecule has 1 N–H and O–H groups in total. The van der Waals surface area contributed by atoms with E-state index in [1.54, 1.807) is 12.5 Å². The van der Waals surface area contributed by atoms with Crippen molar-refractivity contribution in [3.8, 4) is 0 Å². The molecule has 2 aromatic rings. The number of rotatable bonds is 3. The number of nitrogens with zero attached hydrogens (tertiary/aromatic N) is 3. The summed E-state index contributed by atoms with van der Waals surface area (Å²) in [5.74, 6) is -1.39. The minimum atomic E-state index is -0.528. The van der Waals surface area contributed by atoms with Crippen molar-refractivity contribution in [2.45, 2.75) is 13.5 Å². The molecule has 3 amide bonds. The molecule has 0 saturated carbocycles. The molecule has 1 aromatic carbocycles. The summed E-state index contributed by atoms with van der Waals surface area (Å²) in [4.78, 5) is 40.4. The van der Waals surface area contributed by atoms with E-state index in [1.165, 1.54) is 13.0 Å². The lowest BCUT2D eigenvalue weighted by Gasteiger charge is -2.25. The van der Waals surface area contributed by atoms with Crippen LogP contribution >= 0.6 is 0 Å². The largest absolute Gasteiger partial charge is 0.332 e. The van der Waals surface area contributed by atoms with Crippen LogP contribution in [0.25, 0.3) is 6.08 Å². The van der Waals surface area contributed by atoms with Gasteiger partial charge in [0.25, 0.3) is 5.91 Å². The monoisotopic (exact) mass is 324 g/mol. The highest BCUT2D eigenvalue weighted by molar-refractivity contribution is 6.12. The van der Waals surface area contributed by atoms with Crippen molar-refractivity contribution in [1.29, 1.82) is 0 Å². The zero-order valence-corrected chi connectivity index (χ0v) is 13.1. The Morgan fingerprint density at radius 2 is 2.04 bits per heavy atom. The summed E-state index contributed by atoms with van der Waals surface area (Å²) >= 11 is 0. The van der Waals surface area contributed by atoms with Crippen molar-refractivity contribution in [2.75, 3.05) is 6.54 Å². The van der Waals surface area contributed by atoms with E-state index in [2.05, 4.69) is 10.3 Å². The number of imide groups is 1. The highest BCUT2D eigenvalue weighted by atomic mass is 16.2. The van der Waals surface area contributed by atoms with Crippen LogP contribution in [0.1, 0.15) is 18.2 Å². The van der Waals surface area contributed by atoms with Crippen LogP contribution in [0.4, 0.5) is 0 Å². The first kappa shape index (κ1) is 15.7. The molecule has 1 fully saturated rings. The molecule has 7 heteroatoms. The summed E-state index contributed by atoms with van der Waals surface area (Å²) in [5.41, 5.74) is 1.70. The molecule has 1 aliphatic heterocycles. The number of benzene rings is 1. The number of carbonyl (C=O) groups excluding carboxylic acids is 3. The third-order valence-electron chi connectivity index (χ3n) is 3.58. The van der Waals surface area contributed by atoms with Gasteiger partial charge in [0.05, 0.1) is 12.0 Å².